The summed E-state index contributed by atoms with van der Waals surface area (Å²) in [4.78, 5) is 10.2. The summed E-state index contributed by atoms with van der Waals surface area (Å²) in [5.41, 5.74) is 1.15. The van der Waals surface area contributed by atoms with E-state index < -0.39 is 5.97 Å². The quantitative estimate of drug-likeness (QED) is 0.804. The first-order valence-corrected chi connectivity index (χ1v) is 4.80. The predicted octanol–water partition coefficient (Wildman–Crippen LogP) is 1.09. The van der Waals surface area contributed by atoms with E-state index >= 15 is 0 Å². The molecular formula is C11H12O4. The lowest BCUT2D eigenvalue weighted by molar-refractivity contribution is -0.142. The lowest BCUT2D eigenvalue weighted by Gasteiger charge is -2.09. The normalized spacial score (nSPS) is 18.3. The van der Waals surface area contributed by atoms with Crippen molar-refractivity contribution in [1.29, 1.82) is 0 Å². The second-order valence-electron chi connectivity index (χ2n) is 3.46. The third kappa shape index (κ3) is 2.47. The van der Waals surface area contributed by atoms with Crippen LogP contribution in [0.5, 0.6) is 5.75 Å². The summed E-state index contributed by atoms with van der Waals surface area (Å²) in [5, 5.41) is 8.40. The molecule has 1 N–H and O–H groups in total. The van der Waals surface area contributed by atoms with Crippen LogP contribution in [0.25, 0.3) is 0 Å². The molecule has 4 nitrogen and oxygen atoms in total. The Kier molecular flexibility index (Phi) is 2.87. The molecule has 1 aliphatic heterocycles. The average Bonchev–Trinajstić information content (AvgIpc) is 2.59. The number of hydrogen-bond acceptors (Lipinski definition) is 3. The molecule has 1 aliphatic rings. The molecule has 15 heavy (non-hydrogen) atoms. The number of carboxylic acid groups (broad SMARTS) is 1. The molecule has 1 aromatic rings. The van der Waals surface area contributed by atoms with Gasteiger partial charge in [0.15, 0.2) is 0 Å². The smallest absolute Gasteiger partial charge is 0.329 e. The van der Waals surface area contributed by atoms with Crippen molar-refractivity contribution < 1.29 is 19.4 Å². The highest BCUT2D eigenvalue weighted by Gasteiger charge is 2.22. The number of benzene rings is 1. The zero-order chi connectivity index (χ0) is 10.7. The van der Waals surface area contributed by atoms with E-state index in [2.05, 4.69) is 0 Å². The van der Waals surface area contributed by atoms with E-state index in [0.717, 1.165) is 17.7 Å². The maximum absolute atomic E-state index is 10.2. The van der Waals surface area contributed by atoms with Gasteiger partial charge in [-0.15, -0.1) is 0 Å². The average molecular weight is 208 g/mol. The second kappa shape index (κ2) is 4.31. The zero-order valence-corrected chi connectivity index (χ0v) is 8.18. The molecule has 1 unspecified atom stereocenters. The van der Waals surface area contributed by atoms with Crippen LogP contribution in [0.1, 0.15) is 5.56 Å². The van der Waals surface area contributed by atoms with Gasteiger partial charge >= 0.3 is 5.97 Å². The van der Waals surface area contributed by atoms with Gasteiger partial charge in [-0.25, -0.2) is 4.79 Å². The molecule has 4 heteroatoms. The van der Waals surface area contributed by atoms with Gasteiger partial charge in [-0.2, -0.15) is 0 Å². The molecular weight excluding hydrogens is 196 g/mol. The van der Waals surface area contributed by atoms with E-state index in [4.69, 9.17) is 14.6 Å². The SMILES string of the molecule is O=C(O)COCC1Cc2ccccc2O1. The van der Waals surface area contributed by atoms with E-state index in [-0.39, 0.29) is 12.7 Å². The topological polar surface area (TPSA) is 55.8 Å². The Morgan fingerprint density at radius 3 is 3.07 bits per heavy atom. The zero-order valence-electron chi connectivity index (χ0n) is 8.18. The van der Waals surface area contributed by atoms with E-state index in [1.165, 1.54) is 0 Å². The molecule has 0 radical (unpaired) electrons. The summed E-state index contributed by atoms with van der Waals surface area (Å²) in [6.45, 7) is 0.0528. The number of carbonyl (C=O) groups is 1. The Morgan fingerprint density at radius 2 is 2.33 bits per heavy atom. The van der Waals surface area contributed by atoms with Crippen molar-refractivity contribution in [2.24, 2.45) is 0 Å². The van der Waals surface area contributed by atoms with Gasteiger partial charge in [-0.05, 0) is 11.6 Å². The van der Waals surface area contributed by atoms with Crippen molar-refractivity contribution in [3.05, 3.63) is 29.8 Å². The Balaban J connectivity index is 1.83. The Morgan fingerprint density at radius 1 is 1.53 bits per heavy atom. The van der Waals surface area contributed by atoms with Crippen LogP contribution in [-0.4, -0.2) is 30.4 Å². The molecule has 0 bridgehead atoms. The molecule has 0 fully saturated rings. The maximum atomic E-state index is 10.2. The van der Waals surface area contributed by atoms with Crippen LogP contribution in [0.4, 0.5) is 0 Å². The fraction of sp³-hybridized carbons (Fsp3) is 0.364. The Labute approximate surface area is 87.4 Å². The van der Waals surface area contributed by atoms with Gasteiger partial charge in [0.05, 0.1) is 6.61 Å². The van der Waals surface area contributed by atoms with Crippen molar-refractivity contribution in [3.8, 4) is 5.75 Å². The standard InChI is InChI=1S/C11H12O4/c12-11(13)7-14-6-9-5-8-3-1-2-4-10(8)15-9/h1-4,9H,5-7H2,(H,12,13). The minimum absolute atomic E-state index is 0.0539. The van der Waals surface area contributed by atoms with Crippen LogP contribution < -0.4 is 4.74 Å². The summed E-state index contributed by atoms with van der Waals surface area (Å²) in [5.74, 6) is -0.0769. The van der Waals surface area contributed by atoms with Crippen molar-refractivity contribution in [1.82, 2.24) is 0 Å². The highest BCUT2D eigenvalue weighted by atomic mass is 16.5. The minimum atomic E-state index is -0.953. The molecule has 1 atom stereocenters. The number of para-hydroxylation sites is 1. The number of fused-ring (bicyclic) bond motifs is 1. The van der Waals surface area contributed by atoms with E-state index in [1.807, 2.05) is 24.3 Å². The molecule has 1 heterocycles. The van der Waals surface area contributed by atoms with E-state index in [1.54, 1.807) is 0 Å². The summed E-state index contributed by atoms with van der Waals surface area (Å²) in [6.07, 6.45) is 0.734. The highest BCUT2D eigenvalue weighted by molar-refractivity contribution is 5.67. The number of carboxylic acids is 1. The fourth-order valence-corrected chi connectivity index (χ4v) is 1.62. The largest absolute Gasteiger partial charge is 0.487 e. The first kappa shape index (κ1) is 9.98. The van der Waals surface area contributed by atoms with Crippen molar-refractivity contribution in [2.45, 2.75) is 12.5 Å². The summed E-state index contributed by atoms with van der Waals surface area (Å²) in [6, 6.07) is 7.79. The van der Waals surface area contributed by atoms with E-state index in [0.29, 0.717) is 6.61 Å². The van der Waals surface area contributed by atoms with E-state index in [9.17, 15) is 4.79 Å². The summed E-state index contributed by atoms with van der Waals surface area (Å²) in [7, 11) is 0. The van der Waals surface area contributed by atoms with Gasteiger partial charge in [0.1, 0.15) is 18.5 Å². The van der Waals surface area contributed by atoms with Crippen LogP contribution in [0.15, 0.2) is 24.3 Å². The van der Waals surface area contributed by atoms with Gasteiger partial charge in [0.2, 0.25) is 0 Å². The molecule has 0 amide bonds. The Hall–Kier alpha value is -1.55. The van der Waals surface area contributed by atoms with Gasteiger partial charge in [-0.1, -0.05) is 18.2 Å². The molecule has 1 aromatic carbocycles. The van der Waals surface area contributed by atoms with Crippen LogP contribution >= 0.6 is 0 Å². The fourth-order valence-electron chi connectivity index (χ4n) is 1.62. The van der Waals surface area contributed by atoms with Crippen LogP contribution in [0.2, 0.25) is 0 Å². The lowest BCUT2D eigenvalue weighted by atomic mass is 10.1. The Bertz CT molecular complexity index is 336. The lowest BCUT2D eigenvalue weighted by Crippen LogP contribution is -2.22. The third-order valence-electron chi connectivity index (χ3n) is 2.24. The van der Waals surface area contributed by atoms with Gasteiger partial charge in [0.25, 0.3) is 0 Å². The van der Waals surface area contributed by atoms with Crippen molar-refractivity contribution in [3.63, 3.8) is 0 Å². The van der Waals surface area contributed by atoms with Crippen molar-refractivity contribution in [2.75, 3.05) is 13.2 Å². The van der Waals surface area contributed by atoms with Crippen LogP contribution in [0, 0.1) is 0 Å². The molecule has 0 saturated carbocycles. The molecule has 0 saturated heterocycles. The van der Waals surface area contributed by atoms with Crippen LogP contribution in [0.3, 0.4) is 0 Å². The monoisotopic (exact) mass is 208 g/mol. The van der Waals surface area contributed by atoms with Gasteiger partial charge < -0.3 is 14.6 Å². The third-order valence-corrected chi connectivity index (χ3v) is 2.24. The summed E-state index contributed by atoms with van der Waals surface area (Å²) < 4.78 is 10.6. The molecule has 0 aliphatic carbocycles. The minimum Gasteiger partial charge on any atom is -0.487 e. The number of hydrogen-bond donors (Lipinski definition) is 1. The predicted molar refractivity (Wildman–Crippen MR) is 53.0 cm³/mol. The molecule has 0 aromatic heterocycles. The summed E-state index contributed by atoms with van der Waals surface area (Å²) >= 11 is 0. The number of ether oxygens (including phenoxy) is 2. The van der Waals surface area contributed by atoms with Gasteiger partial charge in [-0.3, -0.25) is 0 Å². The molecule has 80 valence electrons. The number of rotatable bonds is 4. The first-order valence-electron chi connectivity index (χ1n) is 4.80. The van der Waals surface area contributed by atoms with Crippen molar-refractivity contribution >= 4 is 5.97 Å². The first-order chi connectivity index (χ1) is 7.25. The molecule has 2 rings (SSSR count). The van der Waals surface area contributed by atoms with Crippen LogP contribution in [-0.2, 0) is 16.0 Å². The number of aliphatic carboxylic acids is 1. The maximum Gasteiger partial charge on any atom is 0.329 e. The highest BCUT2D eigenvalue weighted by Crippen LogP contribution is 2.27. The second-order valence-corrected chi connectivity index (χ2v) is 3.46. The van der Waals surface area contributed by atoms with Gasteiger partial charge in [0, 0.05) is 6.42 Å². The molecule has 0 spiro atoms.